The minimum absolute atomic E-state index is 0.0996. The maximum Gasteiger partial charge on any atom is 0.153 e. The number of nitrogens with zero attached hydrogens (tertiary/aromatic N) is 2. The van der Waals surface area contributed by atoms with Crippen molar-refractivity contribution in [3.05, 3.63) is 29.6 Å². The highest BCUT2D eigenvalue weighted by atomic mass is 19.1. The van der Waals surface area contributed by atoms with E-state index in [1.807, 2.05) is 18.7 Å². The summed E-state index contributed by atoms with van der Waals surface area (Å²) in [5.41, 5.74) is 6.04. The molecule has 0 unspecified atom stereocenters. The van der Waals surface area contributed by atoms with Crippen LogP contribution in [0.25, 0.3) is 0 Å². The Hall–Kier alpha value is -1.82. The minimum Gasteiger partial charge on any atom is -0.497 e. The molecule has 0 atom stereocenters. The molecule has 0 aliphatic carbocycles. The van der Waals surface area contributed by atoms with E-state index in [0.717, 1.165) is 0 Å². The Kier molecular flexibility index (Phi) is 5.57. The molecule has 0 bridgehead atoms. The van der Waals surface area contributed by atoms with Gasteiger partial charge in [0.2, 0.25) is 0 Å². The molecular formula is C13H20FN3O2. The fourth-order valence-corrected chi connectivity index (χ4v) is 1.66. The lowest BCUT2D eigenvalue weighted by atomic mass is 10.1. The SMILES string of the molecule is COc1ccc(CN(C/C(N)=N/O)C(C)C)c(F)c1. The van der Waals surface area contributed by atoms with Gasteiger partial charge < -0.3 is 15.7 Å². The number of methoxy groups -OCH3 is 1. The van der Waals surface area contributed by atoms with Gasteiger partial charge in [-0.15, -0.1) is 0 Å². The third-order valence-corrected chi connectivity index (χ3v) is 2.86. The Labute approximate surface area is 112 Å². The van der Waals surface area contributed by atoms with Crippen molar-refractivity contribution in [2.75, 3.05) is 13.7 Å². The van der Waals surface area contributed by atoms with Crippen LogP contribution in [0.1, 0.15) is 19.4 Å². The Balaban J connectivity index is 2.84. The van der Waals surface area contributed by atoms with Crippen LogP contribution in [0.2, 0.25) is 0 Å². The van der Waals surface area contributed by atoms with E-state index < -0.39 is 0 Å². The van der Waals surface area contributed by atoms with Crippen LogP contribution in [0, 0.1) is 5.82 Å². The van der Waals surface area contributed by atoms with Crippen LogP contribution in [-0.4, -0.2) is 35.6 Å². The number of rotatable bonds is 6. The van der Waals surface area contributed by atoms with Crippen molar-refractivity contribution in [2.45, 2.75) is 26.4 Å². The van der Waals surface area contributed by atoms with E-state index in [1.54, 1.807) is 12.1 Å². The van der Waals surface area contributed by atoms with Crippen molar-refractivity contribution < 1.29 is 14.3 Å². The molecule has 0 heterocycles. The van der Waals surface area contributed by atoms with E-state index in [2.05, 4.69) is 5.16 Å². The van der Waals surface area contributed by atoms with Gasteiger partial charge in [-0.3, -0.25) is 4.90 Å². The van der Waals surface area contributed by atoms with Gasteiger partial charge in [-0.05, 0) is 19.9 Å². The molecule has 0 spiro atoms. The summed E-state index contributed by atoms with van der Waals surface area (Å²) in [6.07, 6.45) is 0. The van der Waals surface area contributed by atoms with E-state index in [9.17, 15) is 4.39 Å². The summed E-state index contributed by atoms with van der Waals surface area (Å²) >= 11 is 0. The van der Waals surface area contributed by atoms with Crippen LogP contribution in [-0.2, 0) is 6.54 Å². The average Bonchev–Trinajstić information content (AvgIpc) is 2.39. The van der Waals surface area contributed by atoms with Gasteiger partial charge in [0.15, 0.2) is 5.84 Å². The molecule has 0 aliphatic heterocycles. The van der Waals surface area contributed by atoms with Gasteiger partial charge in [0.25, 0.3) is 0 Å². The lowest BCUT2D eigenvalue weighted by Crippen LogP contribution is -2.38. The lowest BCUT2D eigenvalue weighted by Gasteiger charge is -2.26. The topological polar surface area (TPSA) is 71.1 Å². The highest BCUT2D eigenvalue weighted by Gasteiger charge is 2.14. The number of nitrogens with two attached hydrogens (primary N) is 1. The molecule has 0 radical (unpaired) electrons. The summed E-state index contributed by atoms with van der Waals surface area (Å²) in [5, 5.41) is 11.5. The first-order valence-corrected chi connectivity index (χ1v) is 6.00. The van der Waals surface area contributed by atoms with E-state index in [4.69, 9.17) is 15.7 Å². The average molecular weight is 269 g/mol. The molecule has 0 aromatic heterocycles. The van der Waals surface area contributed by atoms with Crippen molar-refractivity contribution in [1.82, 2.24) is 4.90 Å². The van der Waals surface area contributed by atoms with Crippen molar-refractivity contribution in [1.29, 1.82) is 0 Å². The molecule has 1 rings (SSSR count). The molecule has 19 heavy (non-hydrogen) atoms. The first-order chi connectivity index (χ1) is 8.97. The van der Waals surface area contributed by atoms with Gasteiger partial charge in [-0.25, -0.2) is 4.39 Å². The predicted molar refractivity (Wildman–Crippen MR) is 71.9 cm³/mol. The van der Waals surface area contributed by atoms with Crippen LogP contribution in [0.5, 0.6) is 5.75 Å². The normalized spacial score (nSPS) is 12.2. The standard InChI is InChI=1S/C13H20FN3O2/c1-9(2)17(8-13(15)16-18)7-10-4-5-11(19-3)6-12(10)14/h4-6,9,18H,7-8H2,1-3H3,(H2,15,16). The van der Waals surface area contributed by atoms with Crippen molar-refractivity contribution in [3.63, 3.8) is 0 Å². The second-order valence-corrected chi connectivity index (χ2v) is 4.55. The number of halogens is 1. The summed E-state index contributed by atoms with van der Waals surface area (Å²) in [5.74, 6) is 0.251. The molecule has 106 valence electrons. The number of ether oxygens (including phenoxy) is 1. The summed E-state index contributed by atoms with van der Waals surface area (Å²) in [7, 11) is 1.49. The minimum atomic E-state index is -0.329. The van der Waals surface area contributed by atoms with E-state index in [0.29, 0.717) is 17.9 Å². The fourth-order valence-electron chi connectivity index (χ4n) is 1.66. The zero-order chi connectivity index (χ0) is 14.4. The van der Waals surface area contributed by atoms with Gasteiger partial charge in [-0.1, -0.05) is 11.2 Å². The second kappa shape index (κ2) is 6.94. The Morgan fingerprint density at radius 1 is 1.53 bits per heavy atom. The third-order valence-electron chi connectivity index (χ3n) is 2.86. The molecule has 3 N–H and O–H groups in total. The number of benzene rings is 1. The molecule has 1 aromatic carbocycles. The number of amidine groups is 1. The zero-order valence-corrected chi connectivity index (χ0v) is 11.4. The second-order valence-electron chi connectivity index (χ2n) is 4.55. The summed E-state index contributed by atoms with van der Waals surface area (Å²) in [4.78, 5) is 1.90. The highest BCUT2D eigenvalue weighted by Crippen LogP contribution is 2.18. The summed E-state index contributed by atoms with van der Waals surface area (Å²) < 4.78 is 18.8. The Bertz CT molecular complexity index is 450. The first kappa shape index (κ1) is 15.2. The molecular weight excluding hydrogens is 249 g/mol. The Morgan fingerprint density at radius 3 is 2.68 bits per heavy atom. The monoisotopic (exact) mass is 269 g/mol. The first-order valence-electron chi connectivity index (χ1n) is 6.00. The van der Waals surface area contributed by atoms with Crippen LogP contribution in [0.4, 0.5) is 4.39 Å². The van der Waals surface area contributed by atoms with Gasteiger partial charge in [0, 0.05) is 24.2 Å². The molecule has 0 amide bonds. The van der Waals surface area contributed by atoms with E-state index >= 15 is 0 Å². The van der Waals surface area contributed by atoms with Gasteiger partial charge in [-0.2, -0.15) is 0 Å². The maximum atomic E-state index is 13.9. The zero-order valence-electron chi connectivity index (χ0n) is 11.4. The number of hydrogen-bond acceptors (Lipinski definition) is 4. The Morgan fingerprint density at radius 2 is 2.21 bits per heavy atom. The predicted octanol–water partition coefficient (Wildman–Crippen LogP) is 1.79. The fraction of sp³-hybridized carbons (Fsp3) is 0.462. The summed E-state index contributed by atoms with van der Waals surface area (Å²) in [6, 6.07) is 4.87. The largest absolute Gasteiger partial charge is 0.497 e. The summed E-state index contributed by atoms with van der Waals surface area (Å²) in [6.45, 7) is 4.58. The molecule has 6 heteroatoms. The van der Waals surface area contributed by atoms with E-state index in [1.165, 1.54) is 13.2 Å². The molecule has 5 nitrogen and oxygen atoms in total. The molecule has 0 saturated heterocycles. The molecule has 0 saturated carbocycles. The lowest BCUT2D eigenvalue weighted by molar-refractivity contribution is 0.235. The van der Waals surface area contributed by atoms with Gasteiger partial charge >= 0.3 is 0 Å². The smallest absolute Gasteiger partial charge is 0.153 e. The van der Waals surface area contributed by atoms with Crippen LogP contribution in [0.15, 0.2) is 23.4 Å². The van der Waals surface area contributed by atoms with E-state index in [-0.39, 0.29) is 24.2 Å². The van der Waals surface area contributed by atoms with Crippen LogP contribution in [0.3, 0.4) is 0 Å². The van der Waals surface area contributed by atoms with Crippen molar-refractivity contribution in [2.24, 2.45) is 10.9 Å². The van der Waals surface area contributed by atoms with Gasteiger partial charge in [0.05, 0.1) is 13.7 Å². The van der Waals surface area contributed by atoms with Gasteiger partial charge in [0.1, 0.15) is 11.6 Å². The van der Waals surface area contributed by atoms with Crippen molar-refractivity contribution in [3.8, 4) is 5.75 Å². The highest BCUT2D eigenvalue weighted by molar-refractivity contribution is 5.81. The third kappa shape index (κ3) is 4.40. The van der Waals surface area contributed by atoms with Crippen LogP contribution >= 0.6 is 0 Å². The van der Waals surface area contributed by atoms with Crippen molar-refractivity contribution >= 4 is 5.84 Å². The number of hydrogen-bond donors (Lipinski definition) is 2. The molecule has 0 aliphatic rings. The maximum absolute atomic E-state index is 13.9. The van der Waals surface area contributed by atoms with Crippen LogP contribution < -0.4 is 10.5 Å². The number of oxime groups is 1. The molecule has 0 fully saturated rings. The quantitative estimate of drug-likeness (QED) is 0.357. The molecule has 1 aromatic rings.